The first-order chi connectivity index (χ1) is 15.3. The molecular weight excluding hydrogens is 428 g/mol. The molecule has 0 bridgehead atoms. The molecule has 6 heteroatoms. The van der Waals surface area contributed by atoms with E-state index >= 15 is 0 Å². The molecule has 5 atom stereocenters. The van der Waals surface area contributed by atoms with Crippen LogP contribution in [0.15, 0.2) is 48.6 Å². The number of halogens is 1. The van der Waals surface area contributed by atoms with Crippen molar-refractivity contribution < 1.29 is 24.9 Å². The van der Waals surface area contributed by atoms with Gasteiger partial charge in [0, 0.05) is 24.1 Å². The monoisotopic (exact) mass is 464 g/mol. The number of allylic oxidation sites excluding steroid dienone is 2. The standard InChI is InChI=1S/C26H37ClO5/c1-18(2)32-17-20-9-7-8-19(14-20)15-21(28)12-13-23-22(24(27)16-25(23)29)10-5-3-4-6-11-26(30)31/h3,5,7-9,12-14,18,21-25,28-29H,4,6,10-11,15-17H2,1-2H3,(H,30,31)/b5-3-,13-12+/t21?,22-,23-,24-,25-/m1/s1. The van der Waals surface area contributed by atoms with Gasteiger partial charge in [0.25, 0.3) is 0 Å². The van der Waals surface area contributed by atoms with Crippen LogP contribution in [-0.4, -0.2) is 45.0 Å². The maximum atomic E-state index is 10.6. The summed E-state index contributed by atoms with van der Waals surface area (Å²) in [7, 11) is 0. The Balaban J connectivity index is 1.89. The van der Waals surface area contributed by atoms with E-state index in [1.54, 1.807) is 6.08 Å². The van der Waals surface area contributed by atoms with Crippen LogP contribution < -0.4 is 0 Å². The van der Waals surface area contributed by atoms with Gasteiger partial charge in [-0.2, -0.15) is 0 Å². The van der Waals surface area contributed by atoms with Gasteiger partial charge < -0.3 is 20.1 Å². The number of benzene rings is 1. The van der Waals surface area contributed by atoms with Crippen molar-refractivity contribution >= 4 is 17.6 Å². The van der Waals surface area contributed by atoms with E-state index in [4.69, 9.17) is 21.4 Å². The predicted octanol–water partition coefficient (Wildman–Crippen LogP) is 4.88. The number of carboxylic acids is 1. The summed E-state index contributed by atoms with van der Waals surface area (Å²) in [4.78, 5) is 10.6. The molecule has 0 aliphatic heterocycles. The fraction of sp³-hybridized carbons (Fsp3) is 0.577. The van der Waals surface area contributed by atoms with Crippen LogP contribution in [-0.2, 0) is 22.6 Å². The summed E-state index contributed by atoms with van der Waals surface area (Å²) in [5.74, 6) is -0.804. The van der Waals surface area contributed by atoms with E-state index in [2.05, 4.69) is 6.07 Å². The second kappa shape index (κ2) is 13.8. The van der Waals surface area contributed by atoms with Gasteiger partial charge in [0.2, 0.25) is 0 Å². The lowest BCUT2D eigenvalue weighted by molar-refractivity contribution is -0.137. The third kappa shape index (κ3) is 9.45. The molecule has 1 saturated carbocycles. The van der Waals surface area contributed by atoms with Crippen molar-refractivity contribution in [2.75, 3.05) is 0 Å². The minimum atomic E-state index is -0.780. The summed E-state index contributed by atoms with van der Waals surface area (Å²) in [5.41, 5.74) is 2.12. The van der Waals surface area contributed by atoms with E-state index in [0.29, 0.717) is 25.9 Å². The molecule has 0 saturated heterocycles. The third-order valence-electron chi connectivity index (χ3n) is 5.78. The first kappa shape index (κ1) is 26.6. The van der Waals surface area contributed by atoms with Gasteiger partial charge in [-0.05, 0) is 56.6 Å². The molecule has 2 rings (SSSR count). The van der Waals surface area contributed by atoms with Crippen molar-refractivity contribution in [3.05, 3.63) is 59.7 Å². The summed E-state index contributed by atoms with van der Waals surface area (Å²) in [6.07, 6.45) is 9.94. The SMILES string of the molecule is CC(C)OCc1cccc(CC(O)/C=C/[C@@H]2[C@@H](C/C=C\CCCC(=O)O)[C@H](Cl)C[C@H]2O)c1. The van der Waals surface area contributed by atoms with E-state index < -0.39 is 18.2 Å². The molecule has 1 aliphatic rings. The molecule has 1 aliphatic carbocycles. The molecule has 0 spiro atoms. The lowest BCUT2D eigenvalue weighted by Gasteiger charge is -2.19. The second-order valence-electron chi connectivity index (χ2n) is 8.89. The Morgan fingerprint density at radius 1 is 1.28 bits per heavy atom. The largest absolute Gasteiger partial charge is 0.481 e. The van der Waals surface area contributed by atoms with Crippen molar-refractivity contribution in [3.8, 4) is 0 Å². The zero-order chi connectivity index (χ0) is 23.5. The Bertz CT molecular complexity index is 760. The number of hydrogen-bond donors (Lipinski definition) is 3. The minimum Gasteiger partial charge on any atom is -0.481 e. The number of rotatable bonds is 13. The number of aliphatic hydroxyl groups is 2. The summed E-state index contributed by atoms with van der Waals surface area (Å²) in [6, 6.07) is 8.04. The molecule has 1 aromatic carbocycles. The molecule has 0 aromatic heterocycles. The lowest BCUT2D eigenvalue weighted by Crippen LogP contribution is -2.19. The van der Waals surface area contributed by atoms with Crippen molar-refractivity contribution in [1.29, 1.82) is 0 Å². The lowest BCUT2D eigenvalue weighted by atomic mass is 9.90. The number of carbonyl (C=O) groups is 1. The van der Waals surface area contributed by atoms with E-state index in [1.165, 1.54) is 0 Å². The highest BCUT2D eigenvalue weighted by molar-refractivity contribution is 6.21. The Hall–Kier alpha value is -1.66. The molecule has 0 amide bonds. The van der Waals surface area contributed by atoms with Crippen LogP contribution in [0.4, 0.5) is 0 Å². The highest BCUT2D eigenvalue weighted by Gasteiger charge is 2.39. The Morgan fingerprint density at radius 2 is 2.03 bits per heavy atom. The van der Waals surface area contributed by atoms with Crippen LogP contribution in [0, 0.1) is 11.8 Å². The van der Waals surface area contributed by atoms with Gasteiger partial charge in [-0.15, -0.1) is 11.6 Å². The smallest absolute Gasteiger partial charge is 0.303 e. The average molecular weight is 465 g/mol. The maximum Gasteiger partial charge on any atom is 0.303 e. The van der Waals surface area contributed by atoms with Crippen LogP contribution in [0.2, 0.25) is 0 Å². The number of carboxylic acid groups (broad SMARTS) is 1. The molecule has 1 fully saturated rings. The number of aliphatic carboxylic acids is 1. The van der Waals surface area contributed by atoms with E-state index in [9.17, 15) is 15.0 Å². The van der Waals surface area contributed by atoms with Crippen LogP contribution in [0.5, 0.6) is 0 Å². The fourth-order valence-corrected chi connectivity index (χ4v) is 4.54. The highest BCUT2D eigenvalue weighted by Crippen LogP contribution is 2.39. The Morgan fingerprint density at radius 3 is 2.75 bits per heavy atom. The van der Waals surface area contributed by atoms with Crippen molar-refractivity contribution in [3.63, 3.8) is 0 Å². The predicted molar refractivity (Wildman–Crippen MR) is 128 cm³/mol. The third-order valence-corrected chi connectivity index (χ3v) is 6.28. The molecular formula is C26H37ClO5. The normalized spacial score (nSPS) is 24.7. The molecule has 0 heterocycles. The second-order valence-corrected chi connectivity index (χ2v) is 9.45. The number of unbranched alkanes of at least 4 members (excludes halogenated alkanes) is 1. The minimum absolute atomic E-state index is 0.0855. The summed E-state index contributed by atoms with van der Waals surface area (Å²) in [6.45, 7) is 4.56. The van der Waals surface area contributed by atoms with Crippen LogP contribution >= 0.6 is 11.6 Å². The molecule has 32 heavy (non-hydrogen) atoms. The number of aliphatic hydroxyl groups excluding tert-OH is 2. The van der Waals surface area contributed by atoms with Crippen molar-refractivity contribution in [2.24, 2.45) is 11.8 Å². The van der Waals surface area contributed by atoms with Gasteiger partial charge in [0.05, 0.1) is 24.9 Å². The number of ether oxygens (including phenoxy) is 1. The summed E-state index contributed by atoms with van der Waals surface area (Å²) in [5, 5.41) is 29.6. The Kier molecular flexibility index (Phi) is 11.5. The van der Waals surface area contributed by atoms with E-state index in [0.717, 1.165) is 24.0 Å². The Labute approximate surface area is 196 Å². The van der Waals surface area contributed by atoms with Gasteiger partial charge in [-0.3, -0.25) is 4.79 Å². The number of alkyl halides is 1. The van der Waals surface area contributed by atoms with Gasteiger partial charge in [-0.25, -0.2) is 0 Å². The molecule has 3 N–H and O–H groups in total. The zero-order valence-corrected chi connectivity index (χ0v) is 19.8. The topological polar surface area (TPSA) is 87.0 Å². The molecule has 1 aromatic rings. The maximum absolute atomic E-state index is 10.6. The molecule has 5 nitrogen and oxygen atoms in total. The number of hydrogen-bond acceptors (Lipinski definition) is 4. The first-order valence-electron chi connectivity index (χ1n) is 11.5. The fourth-order valence-electron chi connectivity index (χ4n) is 4.08. The summed E-state index contributed by atoms with van der Waals surface area (Å²) >= 11 is 6.48. The molecule has 1 unspecified atom stereocenters. The zero-order valence-electron chi connectivity index (χ0n) is 19.1. The van der Waals surface area contributed by atoms with Gasteiger partial charge in [0.15, 0.2) is 0 Å². The van der Waals surface area contributed by atoms with Crippen molar-refractivity contribution in [2.45, 2.75) is 82.7 Å². The van der Waals surface area contributed by atoms with Crippen molar-refractivity contribution in [1.82, 2.24) is 0 Å². The summed E-state index contributed by atoms with van der Waals surface area (Å²) < 4.78 is 5.65. The van der Waals surface area contributed by atoms with E-state index in [-0.39, 0.29) is 29.7 Å². The molecule has 0 radical (unpaired) electrons. The molecule has 178 valence electrons. The van der Waals surface area contributed by atoms with Gasteiger partial charge in [-0.1, -0.05) is 48.6 Å². The van der Waals surface area contributed by atoms with Gasteiger partial charge >= 0.3 is 5.97 Å². The quantitative estimate of drug-likeness (QED) is 0.220. The average Bonchev–Trinajstić information content (AvgIpc) is 2.99. The highest BCUT2D eigenvalue weighted by atomic mass is 35.5. The first-order valence-corrected chi connectivity index (χ1v) is 11.9. The van der Waals surface area contributed by atoms with Crippen LogP contribution in [0.25, 0.3) is 0 Å². The van der Waals surface area contributed by atoms with Crippen LogP contribution in [0.3, 0.4) is 0 Å². The van der Waals surface area contributed by atoms with Gasteiger partial charge in [0.1, 0.15) is 0 Å². The van der Waals surface area contributed by atoms with E-state index in [1.807, 2.05) is 50.3 Å². The van der Waals surface area contributed by atoms with Crippen LogP contribution in [0.1, 0.15) is 57.1 Å².